The molecule has 0 saturated carbocycles. The molecule has 0 amide bonds. The summed E-state index contributed by atoms with van der Waals surface area (Å²) in [5.41, 5.74) is 11.8. The molecule has 1 aliphatic rings. The quantitative estimate of drug-likeness (QED) is 0.678. The van der Waals surface area contributed by atoms with Crippen molar-refractivity contribution in [3.05, 3.63) is 22.3 Å². The van der Waals surface area contributed by atoms with E-state index in [4.69, 9.17) is 10.5 Å². The van der Waals surface area contributed by atoms with Crippen molar-refractivity contribution in [2.24, 2.45) is 0 Å². The van der Waals surface area contributed by atoms with E-state index in [-0.39, 0.29) is 5.60 Å². The number of ether oxygens (including phenoxy) is 1. The van der Waals surface area contributed by atoms with Crippen LogP contribution in [0.2, 0.25) is 0 Å². The van der Waals surface area contributed by atoms with Crippen LogP contribution in [0.4, 0.5) is 5.69 Å². The first-order chi connectivity index (χ1) is 7.27. The molecule has 2 nitrogen and oxygen atoms in total. The Bertz CT molecular complexity index is 461. The second kappa shape index (κ2) is 3.16. The molecule has 2 N–H and O–H groups in total. The molecule has 0 spiro atoms. The summed E-state index contributed by atoms with van der Waals surface area (Å²) >= 11 is 0. The summed E-state index contributed by atoms with van der Waals surface area (Å²) in [6.45, 7) is 12.8. The lowest BCUT2D eigenvalue weighted by Crippen LogP contribution is -2.28. The second-order valence-electron chi connectivity index (χ2n) is 5.46. The van der Waals surface area contributed by atoms with E-state index in [0.717, 1.165) is 17.0 Å². The first-order valence-corrected chi connectivity index (χ1v) is 5.85. The van der Waals surface area contributed by atoms with E-state index in [2.05, 4.69) is 41.5 Å². The van der Waals surface area contributed by atoms with E-state index in [1.54, 1.807) is 0 Å². The molecule has 2 rings (SSSR count). The van der Waals surface area contributed by atoms with Crippen molar-refractivity contribution in [1.82, 2.24) is 0 Å². The molecule has 1 aromatic rings. The molecular formula is C14H21NO. The molecular weight excluding hydrogens is 198 g/mol. The van der Waals surface area contributed by atoms with Gasteiger partial charge in [0.05, 0.1) is 0 Å². The smallest absolute Gasteiger partial charge is 0.127 e. The minimum absolute atomic E-state index is 0.127. The Morgan fingerprint density at radius 1 is 1.06 bits per heavy atom. The lowest BCUT2D eigenvalue weighted by molar-refractivity contribution is 0.115. The molecule has 0 aliphatic carbocycles. The number of hydrogen-bond acceptors (Lipinski definition) is 2. The van der Waals surface area contributed by atoms with Crippen molar-refractivity contribution >= 4 is 5.69 Å². The van der Waals surface area contributed by atoms with Crippen molar-refractivity contribution in [3.8, 4) is 5.75 Å². The largest absolute Gasteiger partial charge is 0.487 e. The fourth-order valence-corrected chi connectivity index (χ4v) is 2.52. The van der Waals surface area contributed by atoms with Gasteiger partial charge in [-0.15, -0.1) is 0 Å². The zero-order valence-electron chi connectivity index (χ0n) is 11.1. The van der Waals surface area contributed by atoms with Gasteiger partial charge in [0.2, 0.25) is 0 Å². The Morgan fingerprint density at radius 3 is 2.19 bits per heavy atom. The van der Waals surface area contributed by atoms with Gasteiger partial charge in [-0.05, 0) is 51.3 Å². The molecule has 0 bridgehead atoms. The first kappa shape index (κ1) is 11.3. The van der Waals surface area contributed by atoms with Gasteiger partial charge in [0, 0.05) is 17.2 Å². The van der Waals surface area contributed by atoms with Gasteiger partial charge >= 0.3 is 0 Å². The third-order valence-corrected chi connectivity index (χ3v) is 4.20. The Labute approximate surface area is 97.8 Å². The summed E-state index contributed by atoms with van der Waals surface area (Å²) in [4.78, 5) is 0. The van der Waals surface area contributed by atoms with E-state index in [1.165, 1.54) is 16.7 Å². The summed E-state index contributed by atoms with van der Waals surface area (Å²) in [6, 6.07) is 0. The molecule has 16 heavy (non-hydrogen) atoms. The normalized spacial score (nSPS) is 21.8. The fourth-order valence-electron chi connectivity index (χ4n) is 2.52. The highest BCUT2D eigenvalue weighted by Gasteiger charge is 2.40. The lowest BCUT2D eigenvalue weighted by atomic mass is 9.84. The molecule has 0 aromatic heterocycles. The van der Waals surface area contributed by atoms with Gasteiger partial charge in [-0.25, -0.2) is 0 Å². The van der Waals surface area contributed by atoms with E-state index < -0.39 is 0 Å². The number of anilines is 1. The number of rotatable bonds is 0. The molecule has 0 saturated heterocycles. The molecule has 1 aliphatic heterocycles. The topological polar surface area (TPSA) is 35.2 Å². The maximum absolute atomic E-state index is 6.15. The van der Waals surface area contributed by atoms with Crippen LogP contribution in [-0.2, 0) is 0 Å². The number of hydrogen-bond donors (Lipinski definition) is 1. The van der Waals surface area contributed by atoms with Crippen LogP contribution in [0.3, 0.4) is 0 Å². The number of nitrogen functional groups attached to an aromatic ring is 1. The third kappa shape index (κ3) is 1.25. The molecule has 88 valence electrons. The standard InChI is InChI=1S/C14H21NO/c1-7-8(2)13-11(9(3)12(7)15)10(4)14(5,6)16-13/h10H,15H2,1-6H3. The molecule has 1 unspecified atom stereocenters. The summed E-state index contributed by atoms with van der Waals surface area (Å²) in [5.74, 6) is 1.45. The summed E-state index contributed by atoms with van der Waals surface area (Å²) < 4.78 is 6.10. The van der Waals surface area contributed by atoms with Crippen LogP contribution in [0.25, 0.3) is 0 Å². The van der Waals surface area contributed by atoms with Crippen molar-refractivity contribution in [1.29, 1.82) is 0 Å². The van der Waals surface area contributed by atoms with Crippen LogP contribution >= 0.6 is 0 Å². The van der Waals surface area contributed by atoms with Gasteiger partial charge in [0.1, 0.15) is 11.4 Å². The monoisotopic (exact) mass is 219 g/mol. The van der Waals surface area contributed by atoms with Gasteiger partial charge in [-0.3, -0.25) is 0 Å². The van der Waals surface area contributed by atoms with E-state index >= 15 is 0 Å². The highest BCUT2D eigenvalue weighted by molar-refractivity contribution is 5.67. The van der Waals surface area contributed by atoms with E-state index in [1.807, 2.05) is 0 Å². The highest BCUT2D eigenvalue weighted by Crippen LogP contribution is 2.50. The van der Waals surface area contributed by atoms with Crippen LogP contribution in [0.15, 0.2) is 0 Å². The SMILES string of the molecule is Cc1c(C)c2c(c(C)c1N)C(C)C(C)(C)O2. The highest BCUT2D eigenvalue weighted by atomic mass is 16.5. The van der Waals surface area contributed by atoms with Gasteiger partial charge in [-0.1, -0.05) is 6.92 Å². The summed E-state index contributed by atoms with van der Waals surface area (Å²) in [7, 11) is 0. The number of benzene rings is 1. The Kier molecular flexibility index (Phi) is 2.23. The van der Waals surface area contributed by atoms with Crippen molar-refractivity contribution < 1.29 is 4.74 Å². The average Bonchev–Trinajstić information content (AvgIpc) is 2.45. The van der Waals surface area contributed by atoms with Crippen LogP contribution in [0, 0.1) is 20.8 Å². The number of fused-ring (bicyclic) bond motifs is 1. The van der Waals surface area contributed by atoms with Crippen LogP contribution < -0.4 is 10.5 Å². The number of nitrogens with two attached hydrogens (primary N) is 1. The van der Waals surface area contributed by atoms with Crippen molar-refractivity contribution in [2.75, 3.05) is 5.73 Å². The lowest BCUT2D eigenvalue weighted by Gasteiger charge is -2.23. The molecule has 1 aromatic carbocycles. The molecule has 1 atom stereocenters. The van der Waals surface area contributed by atoms with E-state index in [0.29, 0.717) is 5.92 Å². The molecule has 0 radical (unpaired) electrons. The Morgan fingerprint density at radius 2 is 1.62 bits per heavy atom. The predicted octanol–water partition coefficient (Wildman–Crippen LogP) is 3.47. The summed E-state index contributed by atoms with van der Waals surface area (Å²) in [5, 5.41) is 0. The zero-order valence-corrected chi connectivity index (χ0v) is 11.1. The maximum atomic E-state index is 6.15. The first-order valence-electron chi connectivity index (χ1n) is 5.85. The minimum atomic E-state index is -0.127. The van der Waals surface area contributed by atoms with Crippen molar-refractivity contribution in [2.45, 2.75) is 53.1 Å². The van der Waals surface area contributed by atoms with Crippen LogP contribution in [0.1, 0.15) is 48.9 Å². The maximum Gasteiger partial charge on any atom is 0.127 e. The second-order valence-corrected chi connectivity index (χ2v) is 5.46. The van der Waals surface area contributed by atoms with Crippen LogP contribution in [0.5, 0.6) is 5.75 Å². The predicted molar refractivity (Wildman–Crippen MR) is 68.2 cm³/mol. The Hall–Kier alpha value is -1.18. The van der Waals surface area contributed by atoms with Gasteiger partial charge in [0.25, 0.3) is 0 Å². The Balaban J connectivity index is 2.76. The van der Waals surface area contributed by atoms with Gasteiger partial charge < -0.3 is 10.5 Å². The fraction of sp³-hybridized carbons (Fsp3) is 0.571. The van der Waals surface area contributed by atoms with Crippen molar-refractivity contribution in [3.63, 3.8) is 0 Å². The van der Waals surface area contributed by atoms with Gasteiger partial charge in [0.15, 0.2) is 0 Å². The van der Waals surface area contributed by atoms with Gasteiger partial charge in [-0.2, -0.15) is 0 Å². The average molecular weight is 219 g/mol. The van der Waals surface area contributed by atoms with Crippen LogP contribution in [-0.4, -0.2) is 5.60 Å². The zero-order chi connectivity index (χ0) is 12.2. The molecule has 0 fully saturated rings. The minimum Gasteiger partial charge on any atom is -0.487 e. The molecule has 1 heterocycles. The third-order valence-electron chi connectivity index (χ3n) is 4.20. The molecule has 2 heteroatoms. The van der Waals surface area contributed by atoms with E-state index in [9.17, 15) is 0 Å². The summed E-state index contributed by atoms with van der Waals surface area (Å²) in [6.07, 6.45) is 0.